The van der Waals surface area contributed by atoms with Crippen molar-refractivity contribution in [2.24, 2.45) is 0 Å². The summed E-state index contributed by atoms with van der Waals surface area (Å²) in [6.07, 6.45) is 1.96. The smallest absolute Gasteiger partial charge is 0.315 e. The predicted octanol–water partition coefficient (Wildman–Crippen LogP) is 2.44. The second-order valence-electron chi connectivity index (χ2n) is 6.81. The van der Waals surface area contributed by atoms with E-state index in [4.69, 9.17) is 0 Å². The molecule has 3 heterocycles. The number of rotatable bonds is 4. The molecule has 7 nitrogen and oxygen atoms in total. The van der Waals surface area contributed by atoms with Crippen molar-refractivity contribution in [3.63, 3.8) is 0 Å². The van der Waals surface area contributed by atoms with Gasteiger partial charge in [0.15, 0.2) is 0 Å². The van der Waals surface area contributed by atoms with Crippen LogP contribution in [0.1, 0.15) is 16.8 Å². The van der Waals surface area contributed by atoms with Gasteiger partial charge >= 0.3 is 6.03 Å². The average Bonchev–Trinajstić information content (AvgIpc) is 3.34. The summed E-state index contributed by atoms with van der Waals surface area (Å²) in [6.45, 7) is 4.20. The van der Waals surface area contributed by atoms with Crippen LogP contribution in [0.2, 0.25) is 0 Å². The van der Waals surface area contributed by atoms with E-state index < -0.39 is 6.04 Å². The van der Waals surface area contributed by atoms with Gasteiger partial charge < -0.3 is 20.9 Å². The SMILES string of the molecule is C=CCNC(=O)N[C@H]1C[C@H]2C(=O)Nc3ccc(-c4ccsc4)cc3C(=O)N2C1. The van der Waals surface area contributed by atoms with Crippen LogP contribution in [0.25, 0.3) is 11.1 Å². The number of amides is 4. The molecule has 2 aliphatic rings. The van der Waals surface area contributed by atoms with Crippen LogP contribution in [0.3, 0.4) is 0 Å². The molecular weight excluding hydrogens is 376 g/mol. The number of anilines is 1. The minimum Gasteiger partial charge on any atom is -0.335 e. The largest absolute Gasteiger partial charge is 0.335 e. The Balaban J connectivity index is 1.57. The third kappa shape index (κ3) is 3.38. The average molecular weight is 396 g/mol. The number of hydrogen-bond donors (Lipinski definition) is 3. The molecule has 0 spiro atoms. The Bertz CT molecular complexity index is 941. The molecule has 1 aromatic carbocycles. The zero-order valence-corrected chi connectivity index (χ0v) is 15.9. The lowest BCUT2D eigenvalue weighted by atomic mass is 10.0. The van der Waals surface area contributed by atoms with E-state index in [0.717, 1.165) is 11.1 Å². The standard InChI is InChI=1S/C20H20N4O3S/c1-2-6-21-20(27)22-14-9-17-18(25)23-16-4-3-12(13-5-7-28-11-13)8-15(16)19(26)24(17)10-14/h2-5,7-8,11,14,17H,1,6,9-10H2,(H,23,25)(H2,21,22,27)/t14-,17-/m0/s1. The van der Waals surface area contributed by atoms with Gasteiger partial charge in [-0.1, -0.05) is 12.1 Å². The van der Waals surface area contributed by atoms with E-state index in [2.05, 4.69) is 22.5 Å². The summed E-state index contributed by atoms with van der Waals surface area (Å²) in [5, 5.41) is 12.3. The molecule has 1 aromatic heterocycles. The topological polar surface area (TPSA) is 90.5 Å². The summed E-state index contributed by atoms with van der Waals surface area (Å²) in [7, 11) is 0. The van der Waals surface area contributed by atoms with Crippen molar-refractivity contribution in [3.05, 3.63) is 53.2 Å². The molecule has 0 aliphatic carbocycles. The Morgan fingerprint density at radius 3 is 2.93 bits per heavy atom. The monoisotopic (exact) mass is 396 g/mol. The first-order valence-corrected chi connectivity index (χ1v) is 9.95. The van der Waals surface area contributed by atoms with Crippen molar-refractivity contribution >= 4 is 34.9 Å². The lowest BCUT2D eigenvalue weighted by Crippen LogP contribution is -2.44. The van der Waals surface area contributed by atoms with Crippen molar-refractivity contribution in [2.45, 2.75) is 18.5 Å². The van der Waals surface area contributed by atoms with Crippen LogP contribution in [-0.4, -0.2) is 47.9 Å². The quantitative estimate of drug-likeness (QED) is 0.694. The van der Waals surface area contributed by atoms with Gasteiger partial charge in [0, 0.05) is 13.1 Å². The van der Waals surface area contributed by atoms with Crippen LogP contribution >= 0.6 is 11.3 Å². The van der Waals surface area contributed by atoms with E-state index in [-0.39, 0.29) is 23.9 Å². The molecule has 144 valence electrons. The summed E-state index contributed by atoms with van der Waals surface area (Å²) in [4.78, 5) is 39.3. The molecule has 0 bridgehead atoms. The normalized spacial score (nSPS) is 20.6. The molecule has 0 saturated carbocycles. The van der Waals surface area contributed by atoms with E-state index in [1.54, 1.807) is 28.4 Å². The van der Waals surface area contributed by atoms with Crippen LogP contribution < -0.4 is 16.0 Å². The van der Waals surface area contributed by atoms with Gasteiger partial charge in [-0.15, -0.1) is 6.58 Å². The highest BCUT2D eigenvalue weighted by Gasteiger charge is 2.43. The molecule has 2 aromatic rings. The van der Waals surface area contributed by atoms with E-state index in [1.807, 2.05) is 29.0 Å². The van der Waals surface area contributed by atoms with Gasteiger partial charge in [-0.05, 0) is 46.5 Å². The zero-order valence-electron chi connectivity index (χ0n) is 15.1. The summed E-state index contributed by atoms with van der Waals surface area (Å²) >= 11 is 1.59. The van der Waals surface area contributed by atoms with Crippen molar-refractivity contribution < 1.29 is 14.4 Å². The Labute approximate surface area is 166 Å². The summed E-state index contributed by atoms with van der Waals surface area (Å²) < 4.78 is 0. The van der Waals surface area contributed by atoms with Crippen LogP contribution in [0.4, 0.5) is 10.5 Å². The van der Waals surface area contributed by atoms with Gasteiger partial charge in [0.25, 0.3) is 5.91 Å². The fraction of sp³-hybridized carbons (Fsp3) is 0.250. The van der Waals surface area contributed by atoms with Gasteiger partial charge in [-0.2, -0.15) is 11.3 Å². The minimum atomic E-state index is -0.603. The lowest BCUT2D eigenvalue weighted by molar-refractivity contribution is -0.119. The Morgan fingerprint density at radius 1 is 1.32 bits per heavy atom. The number of nitrogens with zero attached hydrogens (tertiary/aromatic N) is 1. The first-order chi connectivity index (χ1) is 13.6. The van der Waals surface area contributed by atoms with E-state index in [0.29, 0.717) is 30.8 Å². The highest BCUT2D eigenvalue weighted by Crippen LogP contribution is 2.32. The second-order valence-corrected chi connectivity index (χ2v) is 7.59. The lowest BCUT2D eigenvalue weighted by Gasteiger charge is -2.20. The maximum atomic E-state index is 13.2. The molecular formula is C20H20N4O3S. The highest BCUT2D eigenvalue weighted by atomic mass is 32.1. The van der Waals surface area contributed by atoms with Crippen LogP contribution in [0.15, 0.2) is 47.7 Å². The first-order valence-electron chi connectivity index (χ1n) is 9.00. The van der Waals surface area contributed by atoms with Gasteiger partial charge in [-0.3, -0.25) is 9.59 Å². The number of urea groups is 1. The predicted molar refractivity (Wildman–Crippen MR) is 108 cm³/mol. The molecule has 3 N–H and O–H groups in total. The second kappa shape index (κ2) is 7.47. The van der Waals surface area contributed by atoms with Gasteiger partial charge in [0.1, 0.15) is 6.04 Å². The van der Waals surface area contributed by atoms with Crippen LogP contribution in [0, 0.1) is 0 Å². The number of carbonyl (C=O) groups excluding carboxylic acids is 3. The molecule has 0 unspecified atom stereocenters. The number of carbonyl (C=O) groups is 3. The van der Waals surface area contributed by atoms with E-state index in [9.17, 15) is 14.4 Å². The third-order valence-corrected chi connectivity index (χ3v) is 5.65. The fourth-order valence-corrected chi connectivity index (χ4v) is 4.29. The first kappa shape index (κ1) is 18.2. The maximum absolute atomic E-state index is 13.2. The third-order valence-electron chi connectivity index (χ3n) is 4.97. The van der Waals surface area contributed by atoms with E-state index in [1.165, 1.54) is 0 Å². The Kier molecular flexibility index (Phi) is 4.87. The van der Waals surface area contributed by atoms with E-state index >= 15 is 0 Å². The number of hydrogen-bond acceptors (Lipinski definition) is 4. The van der Waals surface area contributed by atoms with Gasteiger partial charge in [0.05, 0.1) is 17.3 Å². The summed E-state index contributed by atoms with van der Waals surface area (Å²) in [5.41, 5.74) is 2.96. The van der Waals surface area contributed by atoms with Crippen molar-refractivity contribution in [2.75, 3.05) is 18.4 Å². The number of benzene rings is 1. The number of thiophene rings is 1. The molecule has 0 radical (unpaired) electrons. The summed E-state index contributed by atoms with van der Waals surface area (Å²) in [5.74, 6) is -0.433. The van der Waals surface area contributed by atoms with Gasteiger partial charge in [0.2, 0.25) is 5.91 Å². The fourth-order valence-electron chi connectivity index (χ4n) is 3.62. The van der Waals surface area contributed by atoms with Crippen molar-refractivity contribution in [1.29, 1.82) is 0 Å². The van der Waals surface area contributed by atoms with Gasteiger partial charge in [-0.25, -0.2) is 4.79 Å². The molecule has 2 atom stereocenters. The number of fused-ring (bicyclic) bond motifs is 2. The molecule has 4 amide bonds. The van der Waals surface area contributed by atoms with Crippen molar-refractivity contribution in [3.8, 4) is 11.1 Å². The number of nitrogens with one attached hydrogen (secondary N) is 3. The Hall–Kier alpha value is -3.13. The van der Waals surface area contributed by atoms with Crippen LogP contribution in [0.5, 0.6) is 0 Å². The molecule has 4 rings (SSSR count). The molecule has 8 heteroatoms. The van der Waals surface area contributed by atoms with Crippen LogP contribution in [-0.2, 0) is 4.79 Å². The maximum Gasteiger partial charge on any atom is 0.315 e. The highest BCUT2D eigenvalue weighted by molar-refractivity contribution is 7.08. The molecule has 1 saturated heterocycles. The zero-order chi connectivity index (χ0) is 19.7. The summed E-state index contributed by atoms with van der Waals surface area (Å²) in [6, 6.07) is 6.26. The van der Waals surface area contributed by atoms with Crippen molar-refractivity contribution in [1.82, 2.24) is 15.5 Å². The molecule has 2 aliphatic heterocycles. The Morgan fingerprint density at radius 2 is 2.18 bits per heavy atom. The minimum absolute atomic E-state index is 0.203. The molecule has 1 fully saturated rings. The molecule has 28 heavy (non-hydrogen) atoms.